The maximum Gasteiger partial charge on any atom is 0.130 e. The molecule has 0 saturated heterocycles. The second-order valence-corrected chi connectivity index (χ2v) is 3.12. The summed E-state index contributed by atoms with van der Waals surface area (Å²) >= 11 is 5.79. The summed E-state index contributed by atoms with van der Waals surface area (Å²) in [6.45, 7) is 5.93. The Bertz CT molecular complexity index is 434. The number of halogens is 1. The average molecular weight is 212 g/mol. The molecule has 0 N–H and O–H groups in total. The van der Waals surface area contributed by atoms with Crippen LogP contribution in [-0.4, -0.2) is 14.8 Å². The molecule has 2 rings (SSSR count). The summed E-state index contributed by atoms with van der Waals surface area (Å²) in [7, 11) is 1.89. The first kappa shape index (κ1) is 11.0. The maximum atomic E-state index is 5.79. The van der Waals surface area contributed by atoms with E-state index in [4.69, 9.17) is 11.6 Å². The van der Waals surface area contributed by atoms with Crippen molar-refractivity contribution in [2.24, 2.45) is 7.05 Å². The molecule has 76 valence electrons. The van der Waals surface area contributed by atoms with E-state index in [2.05, 4.69) is 10.1 Å². The van der Waals surface area contributed by atoms with Crippen LogP contribution in [0, 0.1) is 6.92 Å². The van der Waals surface area contributed by atoms with Gasteiger partial charge in [-0.25, -0.2) is 4.98 Å². The molecule has 3 nitrogen and oxygen atoms in total. The lowest BCUT2D eigenvalue weighted by Crippen LogP contribution is -1.93. The number of hydrogen-bond acceptors (Lipinski definition) is 2. The molecule has 0 aliphatic carbocycles. The van der Waals surface area contributed by atoms with Gasteiger partial charge in [0.2, 0.25) is 0 Å². The van der Waals surface area contributed by atoms with E-state index in [0.717, 1.165) is 16.6 Å². The van der Waals surface area contributed by atoms with E-state index in [1.165, 1.54) is 0 Å². The minimum absolute atomic E-state index is 0.521. The quantitative estimate of drug-likeness (QED) is 0.628. The first-order valence-corrected chi connectivity index (χ1v) is 5.01. The standard InChI is InChI=1S/C8H8ClN3.C2H6/c1-5-8-6(3-7(9)11-5)4-10-12(8)2;1-2/h3-4H,1-2H3;1-2H3. The van der Waals surface area contributed by atoms with Crippen LogP contribution in [0.3, 0.4) is 0 Å². The van der Waals surface area contributed by atoms with Crippen molar-refractivity contribution in [3.8, 4) is 0 Å². The Kier molecular flexibility index (Phi) is 3.47. The van der Waals surface area contributed by atoms with Crippen molar-refractivity contribution in [2.45, 2.75) is 20.8 Å². The van der Waals surface area contributed by atoms with Gasteiger partial charge in [0.25, 0.3) is 0 Å². The van der Waals surface area contributed by atoms with Crippen LogP contribution in [0.4, 0.5) is 0 Å². The van der Waals surface area contributed by atoms with Crippen molar-refractivity contribution in [3.63, 3.8) is 0 Å². The maximum absolute atomic E-state index is 5.79. The molecule has 0 saturated carbocycles. The topological polar surface area (TPSA) is 30.7 Å². The SMILES string of the molecule is CC.Cc1nc(Cl)cc2cnn(C)c12. The van der Waals surface area contributed by atoms with E-state index >= 15 is 0 Å². The van der Waals surface area contributed by atoms with Crippen molar-refractivity contribution in [2.75, 3.05) is 0 Å². The highest BCUT2D eigenvalue weighted by atomic mass is 35.5. The molecule has 0 bridgehead atoms. The third kappa shape index (κ3) is 1.87. The van der Waals surface area contributed by atoms with Gasteiger partial charge in [-0.05, 0) is 13.0 Å². The van der Waals surface area contributed by atoms with Crippen LogP contribution < -0.4 is 0 Å². The number of rotatable bonds is 0. The van der Waals surface area contributed by atoms with Gasteiger partial charge < -0.3 is 0 Å². The zero-order chi connectivity index (χ0) is 10.7. The largest absolute Gasteiger partial charge is 0.266 e. The Morgan fingerprint density at radius 1 is 1.36 bits per heavy atom. The molecule has 2 aromatic rings. The zero-order valence-electron chi connectivity index (χ0n) is 8.87. The van der Waals surface area contributed by atoms with Gasteiger partial charge in [0.15, 0.2) is 0 Å². The molecular weight excluding hydrogens is 198 g/mol. The fourth-order valence-corrected chi connectivity index (χ4v) is 1.62. The molecule has 0 aliphatic rings. The highest BCUT2D eigenvalue weighted by Crippen LogP contribution is 2.19. The lowest BCUT2D eigenvalue weighted by molar-refractivity contribution is 0.792. The van der Waals surface area contributed by atoms with Gasteiger partial charge in [0.1, 0.15) is 5.15 Å². The highest BCUT2D eigenvalue weighted by Gasteiger charge is 2.04. The fourth-order valence-electron chi connectivity index (χ4n) is 1.38. The van der Waals surface area contributed by atoms with Crippen molar-refractivity contribution in [1.29, 1.82) is 0 Å². The average Bonchev–Trinajstić information content (AvgIpc) is 2.51. The van der Waals surface area contributed by atoms with E-state index in [1.54, 1.807) is 10.9 Å². The van der Waals surface area contributed by atoms with Crippen LogP contribution in [0.1, 0.15) is 19.5 Å². The van der Waals surface area contributed by atoms with E-state index in [1.807, 2.05) is 33.9 Å². The Hall–Kier alpha value is -1.09. The summed E-state index contributed by atoms with van der Waals surface area (Å²) in [5.74, 6) is 0. The van der Waals surface area contributed by atoms with Crippen molar-refractivity contribution < 1.29 is 0 Å². The Morgan fingerprint density at radius 3 is 2.64 bits per heavy atom. The summed E-state index contributed by atoms with van der Waals surface area (Å²) in [5.41, 5.74) is 1.96. The summed E-state index contributed by atoms with van der Waals surface area (Å²) in [6.07, 6.45) is 1.79. The number of aryl methyl sites for hydroxylation is 2. The molecule has 0 unspecified atom stereocenters. The highest BCUT2D eigenvalue weighted by molar-refractivity contribution is 6.30. The number of nitrogens with zero attached hydrogens (tertiary/aromatic N) is 3. The normalized spacial score (nSPS) is 9.79. The second kappa shape index (κ2) is 4.42. The predicted molar refractivity (Wildman–Crippen MR) is 59.6 cm³/mol. The molecule has 4 heteroatoms. The molecule has 0 aliphatic heterocycles. The molecular formula is C10H14ClN3. The number of fused-ring (bicyclic) bond motifs is 1. The lowest BCUT2D eigenvalue weighted by Gasteiger charge is -1.98. The minimum atomic E-state index is 0.521. The molecule has 0 fully saturated rings. The van der Waals surface area contributed by atoms with Crippen molar-refractivity contribution in [1.82, 2.24) is 14.8 Å². The summed E-state index contributed by atoms with van der Waals surface area (Å²) < 4.78 is 1.80. The number of pyridine rings is 1. The van der Waals surface area contributed by atoms with Gasteiger partial charge in [-0.3, -0.25) is 4.68 Å². The monoisotopic (exact) mass is 211 g/mol. The van der Waals surface area contributed by atoms with Crippen LogP contribution in [0.15, 0.2) is 12.3 Å². The number of aromatic nitrogens is 3. The minimum Gasteiger partial charge on any atom is -0.266 e. The van der Waals surface area contributed by atoms with Crippen LogP contribution in [0.5, 0.6) is 0 Å². The lowest BCUT2D eigenvalue weighted by atomic mass is 10.3. The predicted octanol–water partition coefficient (Wildman–Crippen LogP) is 2.96. The van der Waals surface area contributed by atoms with E-state index < -0.39 is 0 Å². The van der Waals surface area contributed by atoms with Gasteiger partial charge in [-0.15, -0.1) is 0 Å². The summed E-state index contributed by atoms with van der Waals surface area (Å²) in [5, 5.41) is 5.67. The third-order valence-electron chi connectivity index (χ3n) is 1.86. The van der Waals surface area contributed by atoms with Gasteiger partial charge in [-0.1, -0.05) is 25.4 Å². The van der Waals surface area contributed by atoms with Crippen molar-refractivity contribution >= 4 is 22.5 Å². The third-order valence-corrected chi connectivity index (χ3v) is 2.05. The van der Waals surface area contributed by atoms with Crippen LogP contribution >= 0.6 is 11.6 Å². The molecule has 2 aromatic heterocycles. The molecule has 0 aromatic carbocycles. The Morgan fingerprint density at radius 2 is 2.00 bits per heavy atom. The summed E-state index contributed by atoms with van der Waals surface area (Å²) in [6, 6.07) is 1.82. The first-order chi connectivity index (χ1) is 6.68. The van der Waals surface area contributed by atoms with E-state index in [0.29, 0.717) is 5.15 Å². The number of hydrogen-bond donors (Lipinski definition) is 0. The zero-order valence-corrected chi connectivity index (χ0v) is 9.63. The van der Waals surface area contributed by atoms with Crippen LogP contribution in [0.2, 0.25) is 5.15 Å². The molecule has 0 radical (unpaired) electrons. The van der Waals surface area contributed by atoms with E-state index in [9.17, 15) is 0 Å². The van der Waals surface area contributed by atoms with Crippen molar-refractivity contribution in [3.05, 3.63) is 23.1 Å². The van der Waals surface area contributed by atoms with Crippen LogP contribution in [-0.2, 0) is 7.05 Å². The van der Waals surface area contributed by atoms with Gasteiger partial charge >= 0.3 is 0 Å². The van der Waals surface area contributed by atoms with Gasteiger partial charge in [0.05, 0.1) is 17.4 Å². The summed E-state index contributed by atoms with van der Waals surface area (Å²) in [4.78, 5) is 4.14. The molecule has 0 atom stereocenters. The molecule has 0 spiro atoms. The fraction of sp³-hybridized carbons (Fsp3) is 0.400. The molecule has 2 heterocycles. The Balaban J connectivity index is 0.000000461. The van der Waals surface area contributed by atoms with Gasteiger partial charge in [-0.2, -0.15) is 5.10 Å². The van der Waals surface area contributed by atoms with Crippen LogP contribution in [0.25, 0.3) is 10.9 Å². The second-order valence-electron chi connectivity index (χ2n) is 2.74. The molecule has 0 amide bonds. The first-order valence-electron chi connectivity index (χ1n) is 4.63. The smallest absolute Gasteiger partial charge is 0.130 e. The molecule has 14 heavy (non-hydrogen) atoms. The Labute approximate surface area is 88.7 Å². The van der Waals surface area contributed by atoms with E-state index in [-0.39, 0.29) is 0 Å². The van der Waals surface area contributed by atoms with Gasteiger partial charge in [0, 0.05) is 12.4 Å².